The molecule has 3 atom stereocenters. The monoisotopic (exact) mass is 571 g/mol. The smallest absolute Gasteiger partial charge is 0.414 e. The molecule has 216 valence electrons. The number of hydrogen-bond acceptors (Lipinski definition) is 9. The van der Waals surface area contributed by atoms with Crippen molar-refractivity contribution in [3.05, 3.63) is 60.4 Å². The van der Waals surface area contributed by atoms with Crippen molar-refractivity contribution < 1.29 is 18.7 Å². The first-order valence-corrected chi connectivity index (χ1v) is 14.2. The summed E-state index contributed by atoms with van der Waals surface area (Å²) in [5.74, 6) is -0.271. The van der Waals surface area contributed by atoms with Crippen LogP contribution in [0.25, 0.3) is 11.1 Å². The molecule has 4 aliphatic rings. The van der Waals surface area contributed by atoms with E-state index in [1.54, 1.807) is 47.5 Å². The van der Waals surface area contributed by atoms with Crippen LogP contribution in [0.3, 0.4) is 0 Å². The molecule has 2 unspecified atom stereocenters. The van der Waals surface area contributed by atoms with Gasteiger partial charge in [-0.2, -0.15) is 5.26 Å². The quantitative estimate of drug-likeness (QED) is 0.445. The number of halogens is 1. The second-order valence-corrected chi connectivity index (χ2v) is 11.4. The molecule has 13 heteroatoms. The van der Waals surface area contributed by atoms with Crippen LogP contribution in [0.5, 0.6) is 0 Å². The van der Waals surface area contributed by atoms with E-state index in [0.717, 1.165) is 26.2 Å². The number of amides is 2. The molecule has 0 spiro atoms. The number of likely N-dealkylation sites (tertiary alicyclic amines) is 1. The van der Waals surface area contributed by atoms with E-state index in [2.05, 4.69) is 31.6 Å². The topological polar surface area (TPSA) is 133 Å². The Labute approximate surface area is 241 Å². The van der Waals surface area contributed by atoms with Crippen LogP contribution in [-0.2, 0) is 21.5 Å². The van der Waals surface area contributed by atoms with Gasteiger partial charge in [-0.1, -0.05) is 11.3 Å². The van der Waals surface area contributed by atoms with Gasteiger partial charge >= 0.3 is 6.09 Å². The van der Waals surface area contributed by atoms with E-state index < -0.39 is 23.4 Å². The molecule has 12 nitrogen and oxygen atoms in total. The molecule has 1 saturated carbocycles. The number of piperidine rings is 1. The Morgan fingerprint density at radius 1 is 1.17 bits per heavy atom. The van der Waals surface area contributed by atoms with Crippen molar-refractivity contribution in [2.45, 2.75) is 18.1 Å². The summed E-state index contributed by atoms with van der Waals surface area (Å²) in [4.78, 5) is 35.3. The molecule has 4 fully saturated rings. The Morgan fingerprint density at radius 3 is 2.64 bits per heavy atom. The van der Waals surface area contributed by atoms with E-state index in [1.165, 1.54) is 11.0 Å². The van der Waals surface area contributed by atoms with Gasteiger partial charge in [-0.3, -0.25) is 19.6 Å². The normalized spacial score (nSPS) is 27.0. The molecule has 42 heavy (non-hydrogen) atoms. The molecule has 2 amide bonds. The number of nitriles is 1. The van der Waals surface area contributed by atoms with Gasteiger partial charge in [-0.05, 0) is 24.3 Å². The summed E-state index contributed by atoms with van der Waals surface area (Å²) in [5, 5.41) is 21.1. The van der Waals surface area contributed by atoms with Crippen molar-refractivity contribution in [2.75, 3.05) is 57.3 Å². The maximum Gasteiger partial charge on any atom is 0.414 e. The van der Waals surface area contributed by atoms with Gasteiger partial charge in [0.25, 0.3) is 0 Å². The molecule has 1 aliphatic carbocycles. The van der Waals surface area contributed by atoms with Gasteiger partial charge in [0.2, 0.25) is 5.91 Å². The lowest BCUT2D eigenvalue weighted by Gasteiger charge is -2.29. The van der Waals surface area contributed by atoms with Gasteiger partial charge in [0.15, 0.2) is 0 Å². The number of cyclic esters (lactones) is 1. The number of ether oxygens (including phenoxy) is 1. The highest BCUT2D eigenvalue weighted by Gasteiger charge is 2.71. The zero-order valence-electron chi connectivity index (χ0n) is 22.9. The number of aromatic nitrogens is 4. The van der Waals surface area contributed by atoms with Crippen molar-refractivity contribution in [3.8, 4) is 17.2 Å². The molecular weight excluding hydrogens is 541 g/mol. The fourth-order valence-electron chi connectivity index (χ4n) is 6.67. The van der Waals surface area contributed by atoms with E-state index in [1.807, 2.05) is 4.90 Å². The largest absolute Gasteiger partial charge is 0.442 e. The highest BCUT2D eigenvalue weighted by atomic mass is 19.1. The number of pyridine rings is 1. The van der Waals surface area contributed by atoms with E-state index in [4.69, 9.17) is 4.74 Å². The maximum atomic E-state index is 15.3. The van der Waals surface area contributed by atoms with Crippen LogP contribution >= 0.6 is 0 Å². The van der Waals surface area contributed by atoms with E-state index in [0.29, 0.717) is 48.7 Å². The number of nitrogens with zero attached hydrogens (tertiary/aromatic N) is 8. The zero-order chi connectivity index (χ0) is 28.8. The predicted molar refractivity (Wildman–Crippen MR) is 147 cm³/mol. The molecule has 0 bridgehead atoms. The SMILES string of the molecule is N#CC1(c2ccc(-c3ccc(N4C[C@H](Cn5ccnn5)OC4=O)cc3F)cn2)C2CN(C(=O)CN3CCNCC3)CC21. The number of carbonyl (C=O) groups excluding carboxylic acids is 2. The number of nitrogens with one attached hydrogen (secondary N) is 1. The second-order valence-electron chi connectivity index (χ2n) is 11.4. The third-order valence-corrected chi connectivity index (χ3v) is 8.99. The van der Waals surface area contributed by atoms with Crippen molar-refractivity contribution in [1.82, 2.24) is 35.1 Å². The highest BCUT2D eigenvalue weighted by molar-refractivity contribution is 5.90. The summed E-state index contributed by atoms with van der Waals surface area (Å²) in [5.41, 5.74) is 1.26. The van der Waals surface area contributed by atoms with Gasteiger partial charge in [-0.15, -0.1) is 5.10 Å². The first kappa shape index (κ1) is 26.5. The second kappa shape index (κ2) is 10.5. The predicted octanol–water partition coefficient (Wildman–Crippen LogP) is 1.26. The Kier molecular flexibility index (Phi) is 6.59. The lowest BCUT2D eigenvalue weighted by atomic mass is 9.95. The average molecular weight is 572 g/mol. The third-order valence-electron chi connectivity index (χ3n) is 8.99. The molecule has 3 aromatic rings. The Balaban J connectivity index is 1.00. The summed E-state index contributed by atoms with van der Waals surface area (Å²) in [7, 11) is 0. The minimum Gasteiger partial charge on any atom is -0.442 e. The molecule has 2 aromatic heterocycles. The van der Waals surface area contributed by atoms with Gasteiger partial charge < -0.3 is 15.0 Å². The van der Waals surface area contributed by atoms with Gasteiger partial charge in [-0.25, -0.2) is 13.9 Å². The lowest BCUT2D eigenvalue weighted by molar-refractivity contribution is -0.132. The Hall–Kier alpha value is -4.41. The van der Waals surface area contributed by atoms with Crippen LogP contribution < -0.4 is 10.2 Å². The zero-order valence-corrected chi connectivity index (χ0v) is 22.9. The molecule has 3 saturated heterocycles. The standard InChI is InChI=1S/C29H30FN9O3/c30-25-11-20(39-14-21(42-28(39)41)13-38-10-7-34-35-38)2-3-22(25)19-1-4-26(33-12-19)29(18-31)23-15-37(16-24(23)29)27(40)17-36-8-5-32-6-9-36/h1-4,7,10-12,21,23-24,32H,5-6,8-9,13-17H2/t21-,23?,24?,29?/m0/s1. The fraction of sp³-hybridized carbons (Fsp3) is 0.448. The number of benzene rings is 1. The number of carbonyl (C=O) groups is 2. The summed E-state index contributed by atoms with van der Waals surface area (Å²) < 4.78 is 22.3. The van der Waals surface area contributed by atoms with Crippen LogP contribution in [0, 0.1) is 29.0 Å². The van der Waals surface area contributed by atoms with Crippen LogP contribution in [0.1, 0.15) is 5.69 Å². The van der Waals surface area contributed by atoms with Crippen molar-refractivity contribution in [3.63, 3.8) is 0 Å². The number of rotatable bonds is 7. The van der Waals surface area contributed by atoms with Gasteiger partial charge in [0.05, 0.1) is 43.3 Å². The van der Waals surface area contributed by atoms with Crippen molar-refractivity contribution >= 4 is 17.7 Å². The molecule has 1 aromatic carbocycles. The van der Waals surface area contributed by atoms with E-state index in [9.17, 15) is 14.9 Å². The summed E-state index contributed by atoms with van der Waals surface area (Å²) in [6.07, 6.45) is 3.85. The summed E-state index contributed by atoms with van der Waals surface area (Å²) in [6, 6.07) is 10.7. The first-order chi connectivity index (χ1) is 20.5. The summed E-state index contributed by atoms with van der Waals surface area (Å²) >= 11 is 0. The van der Waals surface area contributed by atoms with E-state index >= 15 is 4.39 Å². The maximum absolute atomic E-state index is 15.3. The van der Waals surface area contributed by atoms with Crippen molar-refractivity contribution in [1.29, 1.82) is 5.26 Å². The summed E-state index contributed by atoms with van der Waals surface area (Å²) in [6.45, 7) is 5.68. The minimum atomic E-state index is -0.717. The number of piperazine rings is 1. The number of hydrogen-bond donors (Lipinski definition) is 1. The van der Waals surface area contributed by atoms with Gasteiger partial charge in [0.1, 0.15) is 17.3 Å². The number of fused-ring (bicyclic) bond motifs is 1. The molecule has 3 aliphatic heterocycles. The van der Waals surface area contributed by atoms with Crippen LogP contribution in [-0.4, -0.2) is 100 Å². The number of anilines is 1. The van der Waals surface area contributed by atoms with E-state index in [-0.39, 0.29) is 24.3 Å². The minimum absolute atomic E-state index is 0.0532. The molecular formula is C29H30FN9O3. The highest BCUT2D eigenvalue weighted by Crippen LogP contribution is 2.62. The van der Waals surface area contributed by atoms with Crippen LogP contribution in [0.4, 0.5) is 14.9 Å². The first-order valence-electron chi connectivity index (χ1n) is 14.2. The molecule has 5 heterocycles. The average Bonchev–Trinajstić information content (AvgIpc) is 3.51. The Bertz CT molecular complexity index is 1520. The third kappa shape index (κ3) is 4.56. The fourth-order valence-corrected chi connectivity index (χ4v) is 6.67. The Morgan fingerprint density at radius 2 is 1.98 bits per heavy atom. The molecule has 1 N–H and O–H groups in total. The molecule has 0 radical (unpaired) electrons. The van der Waals surface area contributed by atoms with Crippen LogP contribution in [0.15, 0.2) is 48.9 Å². The van der Waals surface area contributed by atoms with Crippen LogP contribution in [0.2, 0.25) is 0 Å². The van der Waals surface area contributed by atoms with Gasteiger partial charge in [0, 0.05) is 74.6 Å². The molecule has 7 rings (SSSR count). The van der Waals surface area contributed by atoms with Crippen molar-refractivity contribution in [2.24, 2.45) is 11.8 Å². The lowest BCUT2D eigenvalue weighted by Crippen LogP contribution is -2.48.